The van der Waals surface area contributed by atoms with E-state index in [9.17, 15) is 4.79 Å². The van der Waals surface area contributed by atoms with Crippen molar-refractivity contribution in [2.45, 2.75) is 50.1 Å². The average Bonchev–Trinajstić information content (AvgIpc) is 2.85. The van der Waals surface area contributed by atoms with Crippen LogP contribution < -0.4 is 11.1 Å². The third-order valence-electron chi connectivity index (χ3n) is 4.12. The van der Waals surface area contributed by atoms with Gasteiger partial charge in [-0.25, -0.2) is 0 Å². The molecule has 1 atom stereocenters. The number of nitrogens with two attached hydrogens (primary N) is 1. The summed E-state index contributed by atoms with van der Waals surface area (Å²) in [7, 11) is 2.12. The summed E-state index contributed by atoms with van der Waals surface area (Å²) in [6.45, 7) is 1.91. The molecule has 1 unspecified atom stereocenters. The van der Waals surface area contributed by atoms with Gasteiger partial charge in [0.15, 0.2) is 0 Å². The Bertz CT molecular complexity index is 270. The van der Waals surface area contributed by atoms with Crippen LogP contribution in [0.3, 0.4) is 0 Å². The first-order valence-electron chi connectivity index (χ1n) is 6.39. The number of carbonyl (C=O) groups excluding carboxylic acids is 1. The Balaban J connectivity index is 0.00000144. The summed E-state index contributed by atoms with van der Waals surface area (Å²) in [5, 5.41) is 3.03. The number of carbonyl (C=O) groups is 1. The molecular formula is C12H25Cl2N3O. The minimum absolute atomic E-state index is 0. The third kappa shape index (κ3) is 3.98. The van der Waals surface area contributed by atoms with Crippen LogP contribution in [-0.4, -0.2) is 42.5 Å². The van der Waals surface area contributed by atoms with Crippen LogP contribution in [0.4, 0.5) is 0 Å². The molecule has 108 valence electrons. The molecule has 1 heterocycles. The highest BCUT2D eigenvalue weighted by atomic mass is 35.5. The number of hydrogen-bond donors (Lipinski definition) is 2. The highest BCUT2D eigenvalue weighted by molar-refractivity contribution is 5.86. The molecule has 6 heteroatoms. The molecule has 2 rings (SSSR count). The zero-order valence-corrected chi connectivity index (χ0v) is 12.6. The van der Waals surface area contributed by atoms with E-state index in [4.69, 9.17) is 5.73 Å². The van der Waals surface area contributed by atoms with E-state index in [1.54, 1.807) is 0 Å². The van der Waals surface area contributed by atoms with Crippen molar-refractivity contribution in [3.05, 3.63) is 0 Å². The van der Waals surface area contributed by atoms with Crippen LogP contribution in [0.25, 0.3) is 0 Å². The molecule has 0 radical (unpaired) electrons. The van der Waals surface area contributed by atoms with Gasteiger partial charge in [0.25, 0.3) is 0 Å². The van der Waals surface area contributed by atoms with Gasteiger partial charge in [-0.2, -0.15) is 0 Å². The Morgan fingerprint density at radius 1 is 1.33 bits per heavy atom. The van der Waals surface area contributed by atoms with E-state index in [-0.39, 0.29) is 30.7 Å². The van der Waals surface area contributed by atoms with Crippen molar-refractivity contribution in [2.24, 2.45) is 5.73 Å². The van der Waals surface area contributed by atoms with Crippen LogP contribution in [0.1, 0.15) is 38.5 Å². The summed E-state index contributed by atoms with van der Waals surface area (Å²) in [6, 6.07) is 0.508. The molecule has 18 heavy (non-hydrogen) atoms. The van der Waals surface area contributed by atoms with Crippen LogP contribution in [0.5, 0.6) is 0 Å². The molecule has 1 amide bonds. The maximum Gasteiger partial charge on any atom is 0.240 e. The molecule has 2 fully saturated rings. The molecule has 0 spiro atoms. The van der Waals surface area contributed by atoms with Crippen LogP contribution in [0.2, 0.25) is 0 Å². The third-order valence-corrected chi connectivity index (χ3v) is 4.12. The Hall–Kier alpha value is -0.0300. The summed E-state index contributed by atoms with van der Waals surface area (Å²) < 4.78 is 0. The van der Waals surface area contributed by atoms with Crippen molar-refractivity contribution in [3.8, 4) is 0 Å². The van der Waals surface area contributed by atoms with Crippen molar-refractivity contribution in [1.29, 1.82) is 0 Å². The number of amides is 1. The van der Waals surface area contributed by atoms with E-state index in [1.807, 2.05) is 0 Å². The van der Waals surface area contributed by atoms with Crippen LogP contribution in [-0.2, 0) is 4.79 Å². The zero-order chi connectivity index (χ0) is 11.6. The first-order valence-corrected chi connectivity index (χ1v) is 6.39. The fraction of sp³-hybridized carbons (Fsp3) is 0.917. The normalized spacial score (nSPS) is 26.2. The lowest BCUT2D eigenvalue weighted by Crippen LogP contribution is -2.53. The maximum atomic E-state index is 12.0. The van der Waals surface area contributed by atoms with Gasteiger partial charge in [-0.15, -0.1) is 24.8 Å². The minimum atomic E-state index is -0.572. The van der Waals surface area contributed by atoms with Gasteiger partial charge in [-0.05, 0) is 39.3 Å². The fourth-order valence-corrected chi connectivity index (χ4v) is 2.86. The molecule has 0 aromatic heterocycles. The summed E-state index contributed by atoms with van der Waals surface area (Å²) >= 11 is 0. The zero-order valence-electron chi connectivity index (χ0n) is 11.0. The predicted molar refractivity (Wildman–Crippen MR) is 78.5 cm³/mol. The Morgan fingerprint density at radius 2 is 1.94 bits per heavy atom. The van der Waals surface area contributed by atoms with Gasteiger partial charge in [-0.3, -0.25) is 4.79 Å². The Kier molecular flexibility index (Phi) is 7.52. The highest BCUT2D eigenvalue weighted by Gasteiger charge is 2.37. The average molecular weight is 298 g/mol. The topological polar surface area (TPSA) is 58.4 Å². The lowest BCUT2D eigenvalue weighted by atomic mass is 9.98. The van der Waals surface area contributed by atoms with Crippen molar-refractivity contribution in [1.82, 2.24) is 10.2 Å². The lowest BCUT2D eigenvalue weighted by molar-refractivity contribution is -0.126. The molecule has 1 aliphatic carbocycles. The molecule has 1 saturated heterocycles. The highest BCUT2D eigenvalue weighted by Crippen LogP contribution is 2.27. The van der Waals surface area contributed by atoms with Crippen LogP contribution >= 0.6 is 24.8 Å². The van der Waals surface area contributed by atoms with Crippen molar-refractivity contribution in [2.75, 3.05) is 20.1 Å². The number of halogens is 2. The Morgan fingerprint density at radius 3 is 2.44 bits per heavy atom. The van der Waals surface area contributed by atoms with E-state index in [0.717, 1.165) is 38.8 Å². The molecule has 2 aliphatic rings. The number of likely N-dealkylation sites (tertiary alicyclic amines) is 1. The number of hydrogen-bond acceptors (Lipinski definition) is 3. The molecule has 3 N–H and O–H groups in total. The molecule has 1 aliphatic heterocycles. The largest absolute Gasteiger partial charge is 0.353 e. The van der Waals surface area contributed by atoms with Crippen molar-refractivity contribution < 1.29 is 4.79 Å². The molecule has 1 saturated carbocycles. The standard InChI is InChI=1S/C12H23N3O.2ClH/c1-15-8-4-5-10(15)9-14-11(16)12(13)6-2-3-7-12;;/h10H,2-9,13H2,1H3,(H,14,16);2*1H. The molecule has 0 aromatic rings. The number of nitrogens with one attached hydrogen (secondary N) is 1. The number of nitrogens with zero attached hydrogens (tertiary/aromatic N) is 1. The smallest absolute Gasteiger partial charge is 0.240 e. The second-order valence-electron chi connectivity index (χ2n) is 5.35. The summed E-state index contributed by atoms with van der Waals surface area (Å²) in [5.41, 5.74) is 5.52. The quantitative estimate of drug-likeness (QED) is 0.826. The summed E-state index contributed by atoms with van der Waals surface area (Å²) in [4.78, 5) is 14.3. The monoisotopic (exact) mass is 297 g/mol. The van der Waals surface area contributed by atoms with Gasteiger partial charge in [0.1, 0.15) is 0 Å². The van der Waals surface area contributed by atoms with E-state index < -0.39 is 5.54 Å². The maximum absolute atomic E-state index is 12.0. The van der Waals surface area contributed by atoms with Gasteiger partial charge < -0.3 is 16.0 Å². The van der Waals surface area contributed by atoms with Gasteiger partial charge >= 0.3 is 0 Å². The first kappa shape index (κ1) is 18.0. The first-order chi connectivity index (χ1) is 7.62. The van der Waals surface area contributed by atoms with E-state index in [2.05, 4.69) is 17.3 Å². The van der Waals surface area contributed by atoms with E-state index in [1.165, 1.54) is 12.8 Å². The SMILES string of the molecule is CN1CCCC1CNC(=O)C1(N)CCCC1.Cl.Cl. The summed E-state index contributed by atoms with van der Waals surface area (Å²) in [5.74, 6) is 0.0605. The molecule has 0 bridgehead atoms. The number of rotatable bonds is 3. The van der Waals surface area contributed by atoms with Crippen molar-refractivity contribution in [3.63, 3.8) is 0 Å². The van der Waals surface area contributed by atoms with Gasteiger partial charge in [0.2, 0.25) is 5.91 Å². The number of likely N-dealkylation sites (N-methyl/N-ethyl adjacent to an activating group) is 1. The molecule has 0 aromatic carbocycles. The second kappa shape index (κ2) is 7.53. The van der Waals surface area contributed by atoms with Gasteiger partial charge in [0.05, 0.1) is 5.54 Å². The van der Waals surface area contributed by atoms with E-state index >= 15 is 0 Å². The van der Waals surface area contributed by atoms with Crippen LogP contribution in [0.15, 0.2) is 0 Å². The minimum Gasteiger partial charge on any atom is -0.353 e. The van der Waals surface area contributed by atoms with Gasteiger partial charge in [0, 0.05) is 12.6 Å². The second-order valence-corrected chi connectivity index (χ2v) is 5.35. The lowest BCUT2D eigenvalue weighted by Gasteiger charge is -2.25. The van der Waals surface area contributed by atoms with Crippen LogP contribution in [0, 0.1) is 0 Å². The van der Waals surface area contributed by atoms with Gasteiger partial charge in [-0.1, -0.05) is 12.8 Å². The fourth-order valence-electron chi connectivity index (χ4n) is 2.86. The van der Waals surface area contributed by atoms with Crippen molar-refractivity contribution >= 4 is 30.7 Å². The Labute approximate surface area is 122 Å². The summed E-state index contributed by atoms with van der Waals surface area (Å²) in [6.07, 6.45) is 6.30. The predicted octanol–water partition coefficient (Wildman–Crippen LogP) is 1.31. The molecule has 4 nitrogen and oxygen atoms in total. The van der Waals surface area contributed by atoms with E-state index in [0.29, 0.717) is 6.04 Å². The molecular weight excluding hydrogens is 273 g/mol.